The Balaban J connectivity index is 2.18. The highest BCUT2D eigenvalue weighted by Crippen LogP contribution is 2.35. The van der Waals surface area contributed by atoms with E-state index in [-0.39, 0.29) is 6.04 Å². The summed E-state index contributed by atoms with van der Waals surface area (Å²) < 4.78 is 7.19. The number of imidazole rings is 1. The van der Waals surface area contributed by atoms with Crippen molar-refractivity contribution in [3.63, 3.8) is 0 Å². The van der Waals surface area contributed by atoms with Crippen LogP contribution in [0.15, 0.2) is 42.5 Å². The maximum Gasteiger partial charge on any atom is 0.200 e. The van der Waals surface area contributed by atoms with Crippen LogP contribution >= 0.6 is 0 Å². The van der Waals surface area contributed by atoms with Gasteiger partial charge in [0.1, 0.15) is 5.75 Å². The molecule has 0 saturated heterocycles. The number of nitrogens with zero attached hydrogens (tertiary/aromatic N) is 3. The van der Waals surface area contributed by atoms with Gasteiger partial charge in [-0.25, -0.2) is 4.98 Å². The van der Waals surface area contributed by atoms with E-state index in [0.29, 0.717) is 5.95 Å². The molecule has 23 heavy (non-hydrogen) atoms. The van der Waals surface area contributed by atoms with E-state index in [2.05, 4.69) is 41.9 Å². The van der Waals surface area contributed by atoms with Gasteiger partial charge in [0.05, 0.1) is 23.8 Å². The van der Waals surface area contributed by atoms with E-state index in [1.54, 1.807) is 7.11 Å². The second kappa shape index (κ2) is 5.83. The Kier molecular flexibility index (Phi) is 3.86. The molecule has 2 N–H and O–H groups in total. The summed E-state index contributed by atoms with van der Waals surface area (Å²) in [5.41, 5.74) is 10.1. The Labute approximate surface area is 136 Å². The molecule has 3 rings (SSSR count). The third-order valence-electron chi connectivity index (χ3n) is 4.03. The lowest BCUT2D eigenvalue weighted by molar-refractivity contribution is 0.415. The van der Waals surface area contributed by atoms with Crippen LogP contribution in [0.3, 0.4) is 0 Å². The zero-order valence-electron chi connectivity index (χ0n) is 13.9. The van der Waals surface area contributed by atoms with Gasteiger partial charge in [-0.2, -0.15) is 0 Å². The minimum atomic E-state index is 0.283. The van der Waals surface area contributed by atoms with E-state index in [4.69, 9.17) is 10.5 Å². The summed E-state index contributed by atoms with van der Waals surface area (Å²) in [6.07, 6.45) is 0. The molecule has 5 heteroatoms. The molecule has 0 radical (unpaired) electrons. The van der Waals surface area contributed by atoms with Crippen molar-refractivity contribution in [1.82, 2.24) is 9.55 Å². The molecule has 0 aliphatic rings. The van der Waals surface area contributed by atoms with Crippen molar-refractivity contribution in [3.05, 3.63) is 42.5 Å². The van der Waals surface area contributed by atoms with Crippen molar-refractivity contribution in [2.24, 2.45) is 7.05 Å². The summed E-state index contributed by atoms with van der Waals surface area (Å²) in [5, 5.41) is 0. The molecule has 0 atom stereocenters. The number of ether oxygens (including phenoxy) is 1. The number of hydrogen-bond donors (Lipinski definition) is 1. The normalized spacial score (nSPS) is 11.2. The van der Waals surface area contributed by atoms with Crippen molar-refractivity contribution in [2.45, 2.75) is 19.9 Å². The molecule has 0 aliphatic carbocycles. The van der Waals surface area contributed by atoms with E-state index in [1.165, 1.54) is 0 Å². The third kappa shape index (κ3) is 2.59. The van der Waals surface area contributed by atoms with Crippen molar-refractivity contribution >= 4 is 28.4 Å². The molecule has 120 valence electrons. The Morgan fingerprint density at radius 1 is 1.13 bits per heavy atom. The average Bonchev–Trinajstić information content (AvgIpc) is 2.83. The predicted octanol–water partition coefficient (Wildman–Crippen LogP) is 3.71. The number of nitrogens with two attached hydrogens (primary N) is 1. The topological polar surface area (TPSA) is 56.3 Å². The Hall–Kier alpha value is -2.69. The number of methoxy groups -OCH3 is 1. The number of nitrogen functional groups attached to an aromatic ring is 1. The van der Waals surface area contributed by atoms with Gasteiger partial charge in [-0.05, 0) is 50.2 Å². The molecular weight excluding hydrogens is 288 g/mol. The molecule has 0 fully saturated rings. The van der Waals surface area contributed by atoms with Gasteiger partial charge in [-0.15, -0.1) is 0 Å². The number of rotatable bonds is 4. The predicted molar refractivity (Wildman–Crippen MR) is 95.4 cm³/mol. The number of hydrogen-bond acceptors (Lipinski definition) is 4. The van der Waals surface area contributed by atoms with Crippen LogP contribution in [0.1, 0.15) is 13.8 Å². The van der Waals surface area contributed by atoms with E-state index in [0.717, 1.165) is 28.2 Å². The van der Waals surface area contributed by atoms with Crippen molar-refractivity contribution in [3.8, 4) is 5.75 Å². The number of anilines is 3. The van der Waals surface area contributed by atoms with E-state index in [1.807, 2.05) is 35.9 Å². The summed E-state index contributed by atoms with van der Waals surface area (Å²) in [4.78, 5) is 6.71. The smallest absolute Gasteiger partial charge is 0.200 e. The second-order valence-electron chi connectivity index (χ2n) is 5.84. The average molecular weight is 310 g/mol. The maximum atomic E-state index is 5.99. The molecule has 0 bridgehead atoms. The van der Waals surface area contributed by atoms with Crippen LogP contribution < -0.4 is 15.4 Å². The molecular formula is C18H22N4O. The highest BCUT2D eigenvalue weighted by molar-refractivity contribution is 5.93. The fourth-order valence-electron chi connectivity index (χ4n) is 2.92. The molecule has 0 spiro atoms. The molecule has 0 amide bonds. The minimum Gasteiger partial charge on any atom is -0.497 e. The standard InChI is InChI=1S/C18H22N4O/c1-12(2)22(13-8-10-14(23-4)11-9-13)16-7-5-6-15-17(16)21(3)18(19)20-15/h5-12H,1-4H3,(H2,19,20). The van der Waals surface area contributed by atoms with E-state index in [9.17, 15) is 0 Å². The summed E-state index contributed by atoms with van der Waals surface area (Å²) in [6.45, 7) is 4.34. The number of aryl methyl sites for hydroxylation is 1. The van der Waals surface area contributed by atoms with Crippen LogP contribution in [0.5, 0.6) is 5.75 Å². The van der Waals surface area contributed by atoms with Crippen LogP contribution in [0.4, 0.5) is 17.3 Å². The first-order valence-electron chi connectivity index (χ1n) is 7.67. The molecule has 0 saturated carbocycles. The SMILES string of the molecule is COc1ccc(N(c2cccc3nc(N)n(C)c23)C(C)C)cc1. The van der Waals surface area contributed by atoms with Gasteiger partial charge in [-0.1, -0.05) is 6.07 Å². The first kappa shape index (κ1) is 15.2. The lowest BCUT2D eigenvalue weighted by Gasteiger charge is -2.30. The number of benzene rings is 2. The monoisotopic (exact) mass is 310 g/mol. The zero-order valence-corrected chi connectivity index (χ0v) is 13.9. The molecule has 2 aromatic carbocycles. The van der Waals surface area contributed by atoms with E-state index < -0.39 is 0 Å². The van der Waals surface area contributed by atoms with Gasteiger partial charge >= 0.3 is 0 Å². The zero-order chi connectivity index (χ0) is 16.6. The number of aromatic nitrogens is 2. The number of para-hydroxylation sites is 1. The van der Waals surface area contributed by atoms with Gasteiger partial charge < -0.3 is 19.9 Å². The van der Waals surface area contributed by atoms with Crippen LogP contribution in [-0.4, -0.2) is 22.7 Å². The summed E-state index contributed by atoms with van der Waals surface area (Å²) >= 11 is 0. The molecule has 1 heterocycles. The van der Waals surface area contributed by atoms with Gasteiger partial charge in [-0.3, -0.25) is 0 Å². The van der Waals surface area contributed by atoms with Crippen LogP contribution in [-0.2, 0) is 7.05 Å². The van der Waals surface area contributed by atoms with Crippen molar-refractivity contribution in [1.29, 1.82) is 0 Å². The first-order chi connectivity index (χ1) is 11.0. The quantitative estimate of drug-likeness (QED) is 0.798. The first-order valence-corrected chi connectivity index (χ1v) is 7.67. The highest BCUT2D eigenvalue weighted by Gasteiger charge is 2.19. The molecule has 3 aromatic rings. The Bertz CT molecular complexity index is 821. The van der Waals surface area contributed by atoms with Gasteiger partial charge in [0, 0.05) is 18.8 Å². The number of fused-ring (bicyclic) bond motifs is 1. The Morgan fingerprint density at radius 2 is 1.83 bits per heavy atom. The molecule has 5 nitrogen and oxygen atoms in total. The molecule has 1 aromatic heterocycles. The summed E-state index contributed by atoms with van der Waals surface area (Å²) in [6, 6.07) is 14.5. The largest absolute Gasteiger partial charge is 0.497 e. The van der Waals surface area contributed by atoms with Gasteiger partial charge in [0.2, 0.25) is 5.95 Å². The van der Waals surface area contributed by atoms with Crippen LogP contribution in [0.2, 0.25) is 0 Å². The lowest BCUT2D eigenvalue weighted by atomic mass is 10.1. The maximum absolute atomic E-state index is 5.99. The fraction of sp³-hybridized carbons (Fsp3) is 0.278. The summed E-state index contributed by atoms with van der Waals surface area (Å²) in [7, 11) is 3.62. The van der Waals surface area contributed by atoms with Crippen molar-refractivity contribution < 1.29 is 4.74 Å². The van der Waals surface area contributed by atoms with E-state index >= 15 is 0 Å². The van der Waals surface area contributed by atoms with Crippen molar-refractivity contribution in [2.75, 3.05) is 17.7 Å². The lowest BCUT2D eigenvalue weighted by Crippen LogP contribution is -2.25. The fourth-order valence-corrected chi connectivity index (χ4v) is 2.92. The van der Waals surface area contributed by atoms with Crippen LogP contribution in [0, 0.1) is 0 Å². The minimum absolute atomic E-state index is 0.283. The Morgan fingerprint density at radius 3 is 2.43 bits per heavy atom. The summed E-state index contributed by atoms with van der Waals surface area (Å²) in [5.74, 6) is 1.37. The molecule has 0 unspecified atom stereocenters. The van der Waals surface area contributed by atoms with Gasteiger partial charge in [0.25, 0.3) is 0 Å². The second-order valence-corrected chi connectivity index (χ2v) is 5.84. The molecule has 0 aliphatic heterocycles. The highest BCUT2D eigenvalue weighted by atomic mass is 16.5. The van der Waals surface area contributed by atoms with Crippen LogP contribution in [0.25, 0.3) is 11.0 Å². The van der Waals surface area contributed by atoms with Gasteiger partial charge in [0.15, 0.2) is 0 Å². The third-order valence-corrected chi connectivity index (χ3v) is 4.03.